The fraction of sp³-hybridized carbons (Fsp3) is 0.143. The average Bonchev–Trinajstić information content (AvgIpc) is 2.07. The lowest BCUT2D eigenvalue weighted by Crippen LogP contribution is -2.19. The Morgan fingerprint density at radius 3 is 2.29 bits per heavy atom. The molecule has 0 aliphatic carbocycles. The molecule has 0 aromatic heterocycles. The Morgan fingerprint density at radius 1 is 1.21 bits per heavy atom. The van der Waals surface area contributed by atoms with Crippen LogP contribution in [0.15, 0.2) is 24.3 Å². The number of rotatable bonds is 2. The molecule has 2 nitrogen and oxygen atoms in total. The standard InChI is InChI=1S/C7H5Cl4NOS/c8-5-3-1-2-4-6(5)12-14(13)7(9,10)11/h1-4,12H. The molecule has 0 aliphatic heterocycles. The highest BCUT2D eigenvalue weighted by Crippen LogP contribution is 2.32. The van der Waals surface area contributed by atoms with Crippen molar-refractivity contribution < 1.29 is 4.21 Å². The summed E-state index contributed by atoms with van der Waals surface area (Å²) in [5.74, 6) is 0. The van der Waals surface area contributed by atoms with Gasteiger partial charge in [-0.25, -0.2) is 4.21 Å². The first kappa shape index (κ1) is 12.4. The van der Waals surface area contributed by atoms with E-state index in [0.29, 0.717) is 10.7 Å². The fourth-order valence-corrected chi connectivity index (χ4v) is 1.78. The molecule has 1 unspecified atom stereocenters. The maximum absolute atomic E-state index is 11.3. The molecular formula is C7H5Cl4NOS. The summed E-state index contributed by atoms with van der Waals surface area (Å²) in [5.41, 5.74) is 0.457. The lowest BCUT2D eigenvalue weighted by atomic mass is 10.3. The van der Waals surface area contributed by atoms with Gasteiger partial charge in [0.25, 0.3) is 3.12 Å². The highest BCUT2D eigenvalue weighted by molar-refractivity contribution is 7.92. The maximum Gasteiger partial charge on any atom is 0.285 e. The molecule has 1 aromatic rings. The number of hydrogen-bond acceptors (Lipinski definition) is 1. The minimum atomic E-state index is -1.88. The summed E-state index contributed by atoms with van der Waals surface area (Å²) in [6, 6.07) is 6.74. The van der Waals surface area contributed by atoms with Crippen molar-refractivity contribution in [2.24, 2.45) is 0 Å². The number of para-hydroxylation sites is 1. The van der Waals surface area contributed by atoms with Gasteiger partial charge >= 0.3 is 0 Å². The summed E-state index contributed by atoms with van der Waals surface area (Å²) >= 11 is 22.0. The Bertz CT molecular complexity index is 352. The molecule has 0 amide bonds. The molecule has 0 fully saturated rings. The predicted octanol–water partition coefficient (Wildman–Crippen LogP) is 3.74. The molecule has 7 heteroatoms. The minimum absolute atomic E-state index is 0.412. The molecule has 1 N–H and O–H groups in total. The topological polar surface area (TPSA) is 29.1 Å². The first-order valence-corrected chi connectivity index (χ1v) is 6.07. The summed E-state index contributed by atoms with van der Waals surface area (Å²) < 4.78 is 12.0. The number of benzene rings is 1. The van der Waals surface area contributed by atoms with Gasteiger partial charge in [-0.1, -0.05) is 58.5 Å². The first-order valence-electron chi connectivity index (χ1n) is 3.41. The molecule has 0 saturated carbocycles. The van der Waals surface area contributed by atoms with Gasteiger partial charge in [0.15, 0.2) is 11.0 Å². The number of nitrogens with one attached hydrogen (secondary N) is 1. The Hall–Kier alpha value is 0.330. The van der Waals surface area contributed by atoms with Gasteiger partial charge in [-0.15, -0.1) is 0 Å². The van der Waals surface area contributed by atoms with Crippen molar-refractivity contribution in [1.82, 2.24) is 0 Å². The average molecular weight is 293 g/mol. The van der Waals surface area contributed by atoms with Gasteiger partial charge in [0.2, 0.25) is 0 Å². The Balaban J connectivity index is 2.80. The van der Waals surface area contributed by atoms with Crippen molar-refractivity contribution in [3.63, 3.8) is 0 Å². The third-order valence-electron chi connectivity index (χ3n) is 1.29. The number of alkyl halides is 3. The molecule has 1 aromatic carbocycles. The van der Waals surface area contributed by atoms with Crippen molar-refractivity contribution in [3.05, 3.63) is 29.3 Å². The van der Waals surface area contributed by atoms with Gasteiger partial charge in [0.05, 0.1) is 10.7 Å². The summed E-state index contributed by atoms with van der Waals surface area (Å²) in [6.45, 7) is 0. The molecule has 78 valence electrons. The van der Waals surface area contributed by atoms with Crippen molar-refractivity contribution in [1.29, 1.82) is 0 Å². The van der Waals surface area contributed by atoms with Crippen LogP contribution < -0.4 is 4.72 Å². The van der Waals surface area contributed by atoms with Crippen LogP contribution in [-0.4, -0.2) is 7.33 Å². The van der Waals surface area contributed by atoms with Crippen molar-refractivity contribution >= 4 is 63.1 Å². The molecule has 0 radical (unpaired) electrons. The molecular weight excluding hydrogens is 288 g/mol. The second kappa shape index (κ2) is 4.90. The van der Waals surface area contributed by atoms with Gasteiger partial charge in [-0.3, -0.25) is 0 Å². The van der Waals surface area contributed by atoms with Gasteiger partial charge in [0, 0.05) is 0 Å². The first-order chi connectivity index (χ1) is 6.41. The van der Waals surface area contributed by atoms with E-state index in [1.165, 1.54) is 0 Å². The van der Waals surface area contributed by atoms with Gasteiger partial charge in [-0.05, 0) is 12.1 Å². The third-order valence-corrected chi connectivity index (χ3v) is 3.70. The normalized spacial score (nSPS) is 13.7. The summed E-state index contributed by atoms with van der Waals surface area (Å²) in [5, 5.41) is 0.412. The number of anilines is 1. The Kier molecular flexibility index (Phi) is 4.34. The molecule has 14 heavy (non-hydrogen) atoms. The second-order valence-electron chi connectivity index (χ2n) is 2.30. The number of halogens is 4. The van der Waals surface area contributed by atoms with Crippen LogP contribution in [0.4, 0.5) is 5.69 Å². The van der Waals surface area contributed by atoms with Crippen LogP contribution in [0.25, 0.3) is 0 Å². The quantitative estimate of drug-likeness (QED) is 0.827. The van der Waals surface area contributed by atoms with Crippen molar-refractivity contribution in [3.8, 4) is 0 Å². The van der Waals surface area contributed by atoms with Crippen LogP contribution in [0.3, 0.4) is 0 Å². The van der Waals surface area contributed by atoms with E-state index in [1.807, 2.05) is 0 Å². The molecule has 0 bridgehead atoms. The molecule has 1 atom stereocenters. The molecule has 0 aliphatic rings. The Labute approximate surface area is 104 Å². The zero-order valence-electron chi connectivity index (χ0n) is 6.64. The van der Waals surface area contributed by atoms with Crippen LogP contribution >= 0.6 is 46.4 Å². The highest BCUT2D eigenvalue weighted by atomic mass is 35.6. The van der Waals surface area contributed by atoms with Crippen LogP contribution in [0.1, 0.15) is 0 Å². The smallest absolute Gasteiger partial charge is 0.285 e. The van der Waals surface area contributed by atoms with Crippen LogP contribution in [0.5, 0.6) is 0 Å². The van der Waals surface area contributed by atoms with Crippen LogP contribution in [0, 0.1) is 0 Å². The number of hydrogen-bond donors (Lipinski definition) is 1. The SMILES string of the molecule is O=S(Nc1ccccc1Cl)C(Cl)(Cl)Cl. The lowest BCUT2D eigenvalue weighted by Gasteiger charge is -2.12. The van der Waals surface area contributed by atoms with E-state index in [4.69, 9.17) is 46.4 Å². The third kappa shape index (κ3) is 3.48. The Morgan fingerprint density at radius 2 is 1.79 bits per heavy atom. The van der Waals surface area contributed by atoms with Crippen molar-refractivity contribution in [2.45, 2.75) is 3.12 Å². The van der Waals surface area contributed by atoms with E-state index in [9.17, 15) is 4.21 Å². The molecule has 0 spiro atoms. The van der Waals surface area contributed by atoms with E-state index in [2.05, 4.69) is 4.72 Å². The van der Waals surface area contributed by atoms with Gasteiger partial charge in [0.1, 0.15) is 0 Å². The summed E-state index contributed by atoms with van der Waals surface area (Å²) in [6.07, 6.45) is 0. The van der Waals surface area contributed by atoms with Crippen molar-refractivity contribution in [2.75, 3.05) is 4.72 Å². The molecule has 0 heterocycles. The second-order valence-corrected chi connectivity index (χ2v) is 7.01. The van der Waals surface area contributed by atoms with E-state index >= 15 is 0 Å². The van der Waals surface area contributed by atoms with Gasteiger partial charge in [-0.2, -0.15) is 0 Å². The van der Waals surface area contributed by atoms with Gasteiger partial charge < -0.3 is 4.72 Å². The zero-order chi connectivity index (χ0) is 10.8. The fourth-order valence-electron chi connectivity index (χ4n) is 0.702. The monoisotopic (exact) mass is 291 g/mol. The van der Waals surface area contributed by atoms with E-state index in [0.717, 1.165) is 0 Å². The predicted molar refractivity (Wildman–Crippen MR) is 63.5 cm³/mol. The summed E-state index contributed by atoms with van der Waals surface area (Å²) in [4.78, 5) is 0. The minimum Gasteiger partial charge on any atom is -0.300 e. The highest BCUT2D eigenvalue weighted by Gasteiger charge is 2.29. The zero-order valence-corrected chi connectivity index (χ0v) is 10.5. The van der Waals surface area contributed by atoms with Crippen LogP contribution in [0.2, 0.25) is 5.02 Å². The lowest BCUT2D eigenvalue weighted by molar-refractivity contribution is 0.686. The summed E-state index contributed by atoms with van der Waals surface area (Å²) in [7, 11) is -1.84. The molecule has 1 rings (SSSR count). The van der Waals surface area contributed by atoms with E-state index < -0.39 is 14.1 Å². The largest absolute Gasteiger partial charge is 0.300 e. The van der Waals surface area contributed by atoms with E-state index in [1.54, 1.807) is 24.3 Å². The maximum atomic E-state index is 11.3. The van der Waals surface area contributed by atoms with Crippen LogP contribution in [-0.2, 0) is 11.0 Å². The van der Waals surface area contributed by atoms with E-state index in [-0.39, 0.29) is 0 Å². The molecule has 0 saturated heterocycles.